The van der Waals surface area contributed by atoms with Crippen molar-refractivity contribution in [1.29, 1.82) is 0 Å². The maximum Gasteiger partial charge on any atom is 0.221 e. The van der Waals surface area contributed by atoms with Gasteiger partial charge in [0.25, 0.3) is 0 Å². The zero-order valence-corrected chi connectivity index (χ0v) is 8.47. The fourth-order valence-corrected chi connectivity index (χ4v) is 0.812. The lowest BCUT2D eigenvalue weighted by atomic mass is 10.2. The van der Waals surface area contributed by atoms with Crippen molar-refractivity contribution in [1.82, 2.24) is 10.6 Å². The second kappa shape index (κ2) is 8.01. The molecule has 0 rings (SSSR count). The third kappa shape index (κ3) is 9.30. The Bertz CT molecular complexity index is 138. The molecule has 0 aromatic rings. The molecule has 1 amide bonds. The van der Waals surface area contributed by atoms with Crippen LogP contribution in [0, 0.1) is 5.92 Å². The van der Waals surface area contributed by atoms with Gasteiger partial charge in [0.15, 0.2) is 0 Å². The van der Waals surface area contributed by atoms with Crippen LogP contribution in [-0.2, 0) is 4.79 Å². The van der Waals surface area contributed by atoms with Gasteiger partial charge < -0.3 is 15.7 Å². The lowest BCUT2D eigenvalue weighted by molar-refractivity contribution is -0.121. The van der Waals surface area contributed by atoms with E-state index in [9.17, 15) is 4.79 Å². The van der Waals surface area contributed by atoms with E-state index in [-0.39, 0.29) is 12.5 Å². The lowest BCUT2D eigenvalue weighted by Gasteiger charge is -2.07. The standard InChI is InChI=1S/C9H20N2O2/c1-8(2)7-11-9(13)3-4-10-5-6-12/h8,10,12H,3-7H2,1-2H3,(H,11,13). The van der Waals surface area contributed by atoms with Crippen LogP contribution >= 0.6 is 0 Å². The van der Waals surface area contributed by atoms with Gasteiger partial charge in [-0.15, -0.1) is 0 Å². The number of amides is 1. The summed E-state index contributed by atoms with van der Waals surface area (Å²) in [6.45, 7) is 6.16. The number of nitrogens with one attached hydrogen (secondary N) is 2. The van der Waals surface area contributed by atoms with Gasteiger partial charge in [0.2, 0.25) is 5.91 Å². The number of carbonyl (C=O) groups is 1. The Morgan fingerprint density at radius 2 is 2.08 bits per heavy atom. The van der Waals surface area contributed by atoms with E-state index in [2.05, 4.69) is 24.5 Å². The van der Waals surface area contributed by atoms with Crippen LogP contribution in [0.25, 0.3) is 0 Å². The third-order valence-electron chi connectivity index (χ3n) is 1.52. The number of hydrogen-bond acceptors (Lipinski definition) is 3. The van der Waals surface area contributed by atoms with Crippen LogP contribution in [0.1, 0.15) is 20.3 Å². The van der Waals surface area contributed by atoms with Crippen LogP contribution in [0.2, 0.25) is 0 Å². The highest BCUT2D eigenvalue weighted by atomic mass is 16.3. The van der Waals surface area contributed by atoms with Crippen LogP contribution < -0.4 is 10.6 Å². The van der Waals surface area contributed by atoms with E-state index in [1.165, 1.54) is 0 Å². The summed E-state index contributed by atoms with van der Waals surface area (Å²) in [5, 5.41) is 14.2. The molecule has 0 spiro atoms. The van der Waals surface area contributed by atoms with Crippen LogP contribution in [0.4, 0.5) is 0 Å². The Kier molecular flexibility index (Phi) is 7.63. The highest BCUT2D eigenvalue weighted by molar-refractivity contribution is 5.76. The largest absolute Gasteiger partial charge is 0.395 e. The van der Waals surface area contributed by atoms with Crippen molar-refractivity contribution in [2.75, 3.05) is 26.2 Å². The summed E-state index contributed by atoms with van der Waals surface area (Å²) in [6.07, 6.45) is 0.479. The molecule has 0 unspecified atom stereocenters. The molecule has 4 nitrogen and oxygen atoms in total. The van der Waals surface area contributed by atoms with Gasteiger partial charge in [0.1, 0.15) is 0 Å². The molecule has 0 fully saturated rings. The molecule has 3 N–H and O–H groups in total. The molecule has 0 saturated heterocycles. The van der Waals surface area contributed by atoms with E-state index >= 15 is 0 Å². The zero-order chi connectivity index (χ0) is 10.1. The maximum absolute atomic E-state index is 11.1. The summed E-state index contributed by atoms with van der Waals surface area (Å²) in [6, 6.07) is 0. The fraction of sp³-hybridized carbons (Fsp3) is 0.889. The molecule has 0 radical (unpaired) electrons. The molecule has 4 heteroatoms. The molecule has 0 atom stereocenters. The molecule has 0 aromatic heterocycles. The van der Waals surface area contributed by atoms with E-state index < -0.39 is 0 Å². The molecule has 78 valence electrons. The van der Waals surface area contributed by atoms with Gasteiger partial charge in [-0.25, -0.2) is 0 Å². The fourth-order valence-electron chi connectivity index (χ4n) is 0.812. The quantitative estimate of drug-likeness (QED) is 0.482. The summed E-state index contributed by atoms with van der Waals surface area (Å²) in [4.78, 5) is 11.1. The Labute approximate surface area is 79.7 Å². The normalized spacial score (nSPS) is 10.5. The van der Waals surface area contributed by atoms with Gasteiger partial charge in [-0.05, 0) is 5.92 Å². The van der Waals surface area contributed by atoms with E-state index in [4.69, 9.17) is 5.11 Å². The van der Waals surface area contributed by atoms with Gasteiger partial charge in [-0.1, -0.05) is 13.8 Å². The summed E-state index contributed by atoms with van der Waals surface area (Å²) >= 11 is 0. The molecular weight excluding hydrogens is 168 g/mol. The van der Waals surface area contributed by atoms with Gasteiger partial charge in [0, 0.05) is 26.1 Å². The van der Waals surface area contributed by atoms with Crippen molar-refractivity contribution in [3.05, 3.63) is 0 Å². The maximum atomic E-state index is 11.1. The molecule has 0 bridgehead atoms. The molecule has 0 heterocycles. The Morgan fingerprint density at radius 3 is 2.62 bits per heavy atom. The van der Waals surface area contributed by atoms with E-state index in [0.717, 1.165) is 6.54 Å². The van der Waals surface area contributed by atoms with Gasteiger partial charge in [-0.3, -0.25) is 4.79 Å². The molecule has 0 aromatic carbocycles. The molecule has 0 aliphatic heterocycles. The number of aliphatic hydroxyl groups excluding tert-OH is 1. The highest BCUT2D eigenvalue weighted by Crippen LogP contribution is 1.87. The highest BCUT2D eigenvalue weighted by Gasteiger charge is 2.00. The monoisotopic (exact) mass is 188 g/mol. The first-order valence-electron chi connectivity index (χ1n) is 4.75. The van der Waals surface area contributed by atoms with Crippen LogP contribution in [0.5, 0.6) is 0 Å². The first-order chi connectivity index (χ1) is 6.16. The molecule has 0 aliphatic carbocycles. The van der Waals surface area contributed by atoms with E-state index in [1.807, 2.05) is 0 Å². The van der Waals surface area contributed by atoms with Gasteiger partial charge >= 0.3 is 0 Å². The Balaban J connectivity index is 3.20. The van der Waals surface area contributed by atoms with Crippen molar-refractivity contribution in [2.24, 2.45) is 5.92 Å². The van der Waals surface area contributed by atoms with Crippen molar-refractivity contribution >= 4 is 5.91 Å². The molecule has 0 saturated carbocycles. The second-order valence-electron chi connectivity index (χ2n) is 3.42. The summed E-state index contributed by atoms with van der Waals surface area (Å²) in [7, 11) is 0. The van der Waals surface area contributed by atoms with Crippen molar-refractivity contribution in [3.63, 3.8) is 0 Å². The summed E-state index contributed by atoms with van der Waals surface area (Å²) in [5.74, 6) is 0.563. The minimum Gasteiger partial charge on any atom is -0.395 e. The minimum atomic E-state index is 0.0686. The van der Waals surface area contributed by atoms with Crippen LogP contribution in [0.3, 0.4) is 0 Å². The smallest absolute Gasteiger partial charge is 0.221 e. The number of aliphatic hydroxyl groups is 1. The first kappa shape index (κ1) is 12.4. The number of rotatable bonds is 7. The summed E-state index contributed by atoms with van der Waals surface area (Å²) < 4.78 is 0. The van der Waals surface area contributed by atoms with Crippen molar-refractivity contribution < 1.29 is 9.90 Å². The second-order valence-corrected chi connectivity index (χ2v) is 3.42. The minimum absolute atomic E-state index is 0.0686. The van der Waals surface area contributed by atoms with E-state index in [0.29, 0.717) is 25.4 Å². The first-order valence-corrected chi connectivity index (χ1v) is 4.75. The number of carbonyl (C=O) groups excluding carboxylic acids is 1. The SMILES string of the molecule is CC(C)CNC(=O)CCNCCO. The Hall–Kier alpha value is -0.610. The predicted molar refractivity (Wildman–Crippen MR) is 52.4 cm³/mol. The van der Waals surface area contributed by atoms with Crippen LogP contribution in [0.15, 0.2) is 0 Å². The molecule has 0 aliphatic rings. The van der Waals surface area contributed by atoms with Gasteiger partial charge in [0.05, 0.1) is 6.61 Å². The lowest BCUT2D eigenvalue weighted by Crippen LogP contribution is -2.31. The Morgan fingerprint density at radius 1 is 1.38 bits per heavy atom. The average molecular weight is 188 g/mol. The zero-order valence-electron chi connectivity index (χ0n) is 8.47. The van der Waals surface area contributed by atoms with Crippen molar-refractivity contribution in [2.45, 2.75) is 20.3 Å². The third-order valence-corrected chi connectivity index (χ3v) is 1.52. The van der Waals surface area contributed by atoms with Crippen LogP contribution in [-0.4, -0.2) is 37.3 Å². The molecular formula is C9H20N2O2. The average Bonchev–Trinajstić information content (AvgIpc) is 2.09. The van der Waals surface area contributed by atoms with E-state index in [1.54, 1.807) is 0 Å². The summed E-state index contributed by atoms with van der Waals surface area (Å²) in [5.41, 5.74) is 0. The molecule has 13 heavy (non-hydrogen) atoms. The topological polar surface area (TPSA) is 61.4 Å². The van der Waals surface area contributed by atoms with Gasteiger partial charge in [-0.2, -0.15) is 0 Å². The number of hydrogen-bond donors (Lipinski definition) is 3. The predicted octanol–water partition coefficient (Wildman–Crippen LogP) is -0.269. The van der Waals surface area contributed by atoms with Crippen molar-refractivity contribution in [3.8, 4) is 0 Å².